The Morgan fingerprint density at radius 2 is 1.97 bits per heavy atom. The largest absolute Gasteiger partial charge is 0.510 e. The maximum atomic E-state index is 13.0. The summed E-state index contributed by atoms with van der Waals surface area (Å²) in [5.74, 6) is 0.489. The average molecular weight is 475 g/mol. The molecule has 0 saturated heterocycles. The molecule has 0 saturated carbocycles. The van der Waals surface area contributed by atoms with Gasteiger partial charge in [0.1, 0.15) is 22.4 Å². The SMILES string of the molecule is CCCn1c(=O)c2ccccc2n2c(SC/C(O)=C(\C#N)c3nc4ccccc4s3)nnc12. The fourth-order valence-electron chi connectivity index (χ4n) is 3.67. The van der Waals surface area contributed by atoms with Gasteiger partial charge in [-0.2, -0.15) is 5.26 Å². The van der Waals surface area contributed by atoms with Gasteiger partial charge in [-0.25, -0.2) is 4.98 Å². The van der Waals surface area contributed by atoms with E-state index in [1.807, 2.05) is 53.8 Å². The van der Waals surface area contributed by atoms with Gasteiger partial charge in [-0.1, -0.05) is 43.0 Å². The molecule has 2 aromatic carbocycles. The summed E-state index contributed by atoms with van der Waals surface area (Å²) >= 11 is 2.61. The maximum absolute atomic E-state index is 13.0. The summed E-state index contributed by atoms with van der Waals surface area (Å²) in [4.78, 5) is 17.4. The van der Waals surface area contributed by atoms with Crippen LogP contribution in [0.1, 0.15) is 18.4 Å². The van der Waals surface area contributed by atoms with Gasteiger partial charge >= 0.3 is 0 Å². The van der Waals surface area contributed by atoms with Gasteiger partial charge in [-0.3, -0.25) is 13.8 Å². The zero-order valence-electron chi connectivity index (χ0n) is 17.6. The monoisotopic (exact) mass is 474 g/mol. The molecule has 0 unspecified atom stereocenters. The van der Waals surface area contributed by atoms with E-state index in [1.165, 1.54) is 23.1 Å². The summed E-state index contributed by atoms with van der Waals surface area (Å²) in [5.41, 5.74) is 1.53. The van der Waals surface area contributed by atoms with E-state index >= 15 is 0 Å². The van der Waals surface area contributed by atoms with E-state index in [0.717, 1.165) is 16.6 Å². The van der Waals surface area contributed by atoms with Gasteiger partial charge in [0.05, 0.1) is 26.9 Å². The molecule has 0 aliphatic carbocycles. The van der Waals surface area contributed by atoms with Crippen molar-refractivity contribution >= 4 is 55.6 Å². The number of thioether (sulfide) groups is 1. The molecule has 0 aliphatic rings. The summed E-state index contributed by atoms with van der Waals surface area (Å²) in [7, 11) is 0. The Morgan fingerprint density at radius 1 is 1.18 bits per heavy atom. The van der Waals surface area contributed by atoms with Crippen molar-refractivity contribution in [2.75, 3.05) is 5.75 Å². The minimum absolute atomic E-state index is 0.0792. The number of benzene rings is 2. The van der Waals surface area contributed by atoms with Crippen LogP contribution in [0.5, 0.6) is 0 Å². The molecular weight excluding hydrogens is 456 g/mol. The van der Waals surface area contributed by atoms with E-state index in [-0.39, 0.29) is 22.6 Å². The predicted octanol–water partition coefficient (Wildman–Crippen LogP) is 4.65. The molecule has 164 valence electrons. The maximum Gasteiger partial charge on any atom is 0.262 e. The Labute approximate surface area is 196 Å². The number of allylic oxidation sites excluding steroid dienone is 1. The van der Waals surface area contributed by atoms with Crippen molar-refractivity contribution in [1.29, 1.82) is 5.26 Å². The first kappa shape index (κ1) is 21.2. The van der Waals surface area contributed by atoms with E-state index in [0.29, 0.717) is 33.4 Å². The molecule has 33 heavy (non-hydrogen) atoms. The average Bonchev–Trinajstić information content (AvgIpc) is 3.45. The Morgan fingerprint density at radius 3 is 2.76 bits per heavy atom. The van der Waals surface area contributed by atoms with Gasteiger partial charge in [0.25, 0.3) is 5.56 Å². The van der Waals surface area contributed by atoms with Gasteiger partial charge < -0.3 is 5.11 Å². The van der Waals surface area contributed by atoms with Gasteiger partial charge in [0, 0.05) is 6.54 Å². The fraction of sp³-hybridized carbons (Fsp3) is 0.174. The number of hydrogen-bond donors (Lipinski definition) is 1. The number of aryl methyl sites for hydroxylation is 1. The number of nitriles is 1. The quantitative estimate of drug-likeness (QED) is 0.217. The number of para-hydroxylation sites is 2. The molecular formula is C23H18N6O2S2. The molecule has 8 nitrogen and oxygen atoms in total. The number of aromatic nitrogens is 5. The van der Waals surface area contributed by atoms with Crippen LogP contribution >= 0.6 is 23.1 Å². The normalized spacial score (nSPS) is 12.4. The molecule has 3 heterocycles. The molecule has 0 aliphatic heterocycles. The number of thiazole rings is 1. The Bertz CT molecular complexity index is 1610. The Kier molecular flexibility index (Phi) is 5.58. The highest BCUT2D eigenvalue weighted by Gasteiger charge is 2.18. The van der Waals surface area contributed by atoms with Crippen molar-refractivity contribution in [3.05, 3.63) is 69.7 Å². The van der Waals surface area contributed by atoms with E-state index in [4.69, 9.17) is 0 Å². The molecule has 5 aromatic rings. The van der Waals surface area contributed by atoms with Crippen LogP contribution in [0.4, 0.5) is 0 Å². The van der Waals surface area contributed by atoms with Crippen LogP contribution in [0.15, 0.2) is 64.2 Å². The van der Waals surface area contributed by atoms with Crippen LogP contribution in [0, 0.1) is 11.3 Å². The molecule has 0 fully saturated rings. The topological polar surface area (TPSA) is 109 Å². The second-order valence-electron chi connectivity index (χ2n) is 7.30. The molecule has 3 aromatic heterocycles. The number of aliphatic hydroxyl groups is 1. The second-order valence-corrected chi connectivity index (χ2v) is 9.27. The third-order valence-electron chi connectivity index (χ3n) is 5.17. The third kappa shape index (κ3) is 3.65. The van der Waals surface area contributed by atoms with Crippen LogP contribution < -0.4 is 5.56 Å². The van der Waals surface area contributed by atoms with Crippen LogP contribution in [0.25, 0.3) is 32.5 Å². The van der Waals surface area contributed by atoms with Crippen LogP contribution in [0.2, 0.25) is 0 Å². The lowest BCUT2D eigenvalue weighted by atomic mass is 10.2. The van der Waals surface area contributed by atoms with E-state index < -0.39 is 0 Å². The lowest BCUT2D eigenvalue weighted by molar-refractivity contribution is 0.420. The van der Waals surface area contributed by atoms with Crippen LogP contribution in [-0.2, 0) is 6.54 Å². The number of nitrogens with zero attached hydrogens (tertiary/aromatic N) is 6. The Hall–Kier alpha value is -3.68. The van der Waals surface area contributed by atoms with Crippen LogP contribution in [0.3, 0.4) is 0 Å². The molecule has 0 bridgehead atoms. The summed E-state index contributed by atoms with van der Waals surface area (Å²) in [5, 5.41) is 30.6. The molecule has 10 heteroatoms. The van der Waals surface area contributed by atoms with E-state index in [9.17, 15) is 15.2 Å². The number of aliphatic hydroxyl groups excluding tert-OH is 1. The molecule has 0 atom stereocenters. The first-order valence-corrected chi connectivity index (χ1v) is 12.1. The number of hydrogen-bond acceptors (Lipinski definition) is 8. The summed E-state index contributed by atoms with van der Waals surface area (Å²) < 4.78 is 4.40. The minimum atomic E-state index is -0.103. The lowest BCUT2D eigenvalue weighted by Gasteiger charge is -2.10. The third-order valence-corrected chi connectivity index (χ3v) is 7.17. The van der Waals surface area contributed by atoms with Crippen molar-refractivity contribution < 1.29 is 5.11 Å². The molecule has 0 amide bonds. The van der Waals surface area contributed by atoms with Gasteiger partial charge in [0.15, 0.2) is 5.16 Å². The molecule has 0 radical (unpaired) electrons. The van der Waals surface area contributed by atoms with Gasteiger partial charge in [-0.15, -0.1) is 21.5 Å². The highest BCUT2D eigenvalue weighted by Crippen LogP contribution is 2.30. The number of rotatable bonds is 6. The zero-order valence-corrected chi connectivity index (χ0v) is 19.2. The fourth-order valence-corrected chi connectivity index (χ4v) is 5.47. The summed E-state index contributed by atoms with van der Waals surface area (Å²) in [6.07, 6.45) is 0.778. The van der Waals surface area contributed by atoms with Crippen molar-refractivity contribution in [1.82, 2.24) is 24.1 Å². The summed E-state index contributed by atoms with van der Waals surface area (Å²) in [6, 6.07) is 17.0. The van der Waals surface area contributed by atoms with Crippen molar-refractivity contribution in [2.45, 2.75) is 25.0 Å². The van der Waals surface area contributed by atoms with Crippen molar-refractivity contribution in [2.24, 2.45) is 0 Å². The van der Waals surface area contributed by atoms with E-state index in [1.54, 1.807) is 10.6 Å². The Balaban J connectivity index is 1.55. The smallest absolute Gasteiger partial charge is 0.262 e. The molecule has 1 N–H and O–H groups in total. The number of fused-ring (bicyclic) bond motifs is 4. The standard InChI is InChI=1S/C23H18N6O2S2/c1-2-11-28-21(31)14-7-3-5-9-17(14)29-22(28)26-27-23(29)32-13-18(30)15(12-24)20-25-16-8-4-6-10-19(16)33-20/h3-10,30H,2,11,13H2,1H3/b18-15-. The first-order chi connectivity index (χ1) is 16.1. The zero-order chi connectivity index (χ0) is 22.9. The van der Waals surface area contributed by atoms with Crippen molar-refractivity contribution in [3.63, 3.8) is 0 Å². The van der Waals surface area contributed by atoms with Gasteiger partial charge in [-0.05, 0) is 30.7 Å². The second kappa shape index (κ2) is 8.69. The van der Waals surface area contributed by atoms with Crippen LogP contribution in [-0.4, -0.2) is 35.0 Å². The molecule has 5 rings (SSSR count). The highest BCUT2D eigenvalue weighted by atomic mass is 32.2. The van der Waals surface area contributed by atoms with Gasteiger partial charge in [0.2, 0.25) is 5.78 Å². The van der Waals surface area contributed by atoms with E-state index in [2.05, 4.69) is 21.3 Å². The first-order valence-electron chi connectivity index (χ1n) is 10.3. The highest BCUT2D eigenvalue weighted by molar-refractivity contribution is 7.99. The predicted molar refractivity (Wildman–Crippen MR) is 131 cm³/mol. The summed E-state index contributed by atoms with van der Waals surface area (Å²) in [6.45, 7) is 2.52. The minimum Gasteiger partial charge on any atom is -0.510 e. The lowest BCUT2D eigenvalue weighted by Crippen LogP contribution is -2.23. The molecule has 0 spiro atoms. The van der Waals surface area contributed by atoms with Crippen molar-refractivity contribution in [3.8, 4) is 6.07 Å².